The van der Waals surface area contributed by atoms with Crippen molar-refractivity contribution in [3.8, 4) is 10.7 Å². The number of benzene rings is 2. The molecule has 2 amide bonds. The smallest absolute Gasteiger partial charge is 0.327 e. The molecule has 1 N–H and O–H groups in total. The Hall–Kier alpha value is -3.49. The molecule has 0 fully saturated rings. The molecule has 1 aliphatic rings. The van der Waals surface area contributed by atoms with E-state index < -0.39 is 17.9 Å². The second kappa shape index (κ2) is 8.22. The third kappa shape index (κ3) is 3.68. The summed E-state index contributed by atoms with van der Waals surface area (Å²) in [5.41, 5.74) is 2.30. The first-order chi connectivity index (χ1) is 15.5. The zero-order chi connectivity index (χ0) is 22.2. The lowest BCUT2D eigenvalue weighted by Gasteiger charge is -2.35. The lowest BCUT2D eigenvalue weighted by atomic mass is 9.94. The Labute approximate surface area is 191 Å². The van der Waals surface area contributed by atoms with Crippen molar-refractivity contribution in [3.05, 3.63) is 94.0 Å². The van der Waals surface area contributed by atoms with Gasteiger partial charge < -0.3 is 9.84 Å². The molecule has 0 saturated heterocycles. The van der Waals surface area contributed by atoms with Gasteiger partial charge in [0.25, 0.3) is 5.89 Å². The zero-order valence-corrected chi connectivity index (χ0v) is 18.3. The molecule has 3 heterocycles. The number of allylic oxidation sites excluding steroid dienone is 1. The van der Waals surface area contributed by atoms with E-state index in [0.29, 0.717) is 27.8 Å². The van der Waals surface area contributed by atoms with Crippen molar-refractivity contribution in [3.63, 3.8) is 0 Å². The summed E-state index contributed by atoms with van der Waals surface area (Å²) in [5, 5.41) is 9.55. The summed E-state index contributed by atoms with van der Waals surface area (Å²) in [5.74, 6) is 0.269. The number of halogens is 2. The standard InChI is InChI=1S/C23H16ClFN4O2S/c1-13-19(22-27-21(28-31-22)18-9-4-10-32-18)20(14-5-2-6-15(24)11-14)26-23(30)29(13)17-8-3-7-16(25)12-17/h2-12,20H,1H3,(H,26,30). The van der Waals surface area contributed by atoms with Gasteiger partial charge in [0.05, 0.1) is 22.2 Å². The van der Waals surface area contributed by atoms with Gasteiger partial charge in [0.15, 0.2) is 0 Å². The fourth-order valence-corrected chi connectivity index (χ4v) is 4.57. The molecule has 160 valence electrons. The number of amides is 2. The molecule has 1 unspecified atom stereocenters. The number of urea groups is 1. The molecule has 32 heavy (non-hydrogen) atoms. The average molecular weight is 467 g/mol. The second-order valence-corrected chi connectivity index (χ2v) is 8.54. The molecule has 9 heteroatoms. The van der Waals surface area contributed by atoms with Gasteiger partial charge in [-0.15, -0.1) is 11.3 Å². The second-order valence-electron chi connectivity index (χ2n) is 7.15. The van der Waals surface area contributed by atoms with Crippen LogP contribution in [0.5, 0.6) is 0 Å². The SMILES string of the molecule is CC1=C(c2nc(-c3cccs3)no2)C(c2cccc(Cl)c2)NC(=O)N1c1cccc(F)c1. The average Bonchev–Trinajstić information content (AvgIpc) is 3.45. The van der Waals surface area contributed by atoms with Crippen LogP contribution in [0.25, 0.3) is 16.3 Å². The number of aromatic nitrogens is 2. The molecule has 0 bridgehead atoms. The first kappa shape index (κ1) is 20.4. The van der Waals surface area contributed by atoms with Crippen molar-refractivity contribution >= 4 is 40.2 Å². The fourth-order valence-electron chi connectivity index (χ4n) is 3.72. The van der Waals surface area contributed by atoms with Gasteiger partial charge in [-0.1, -0.05) is 41.0 Å². The number of nitrogens with one attached hydrogen (secondary N) is 1. The van der Waals surface area contributed by atoms with Gasteiger partial charge in [-0.2, -0.15) is 4.98 Å². The van der Waals surface area contributed by atoms with Gasteiger partial charge in [-0.25, -0.2) is 9.18 Å². The number of carbonyl (C=O) groups excluding carboxylic acids is 1. The summed E-state index contributed by atoms with van der Waals surface area (Å²) in [6.45, 7) is 1.77. The van der Waals surface area contributed by atoms with Gasteiger partial charge in [-0.05, 0) is 54.3 Å². The molecule has 5 rings (SSSR count). The first-order valence-corrected chi connectivity index (χ1v) is 11.0. The molecule has 1 aliphatic heterocycles. The monoisotopic (exact) mass is 466 g/mol. The van der Waals surface area contributed by atoms with Crippen molar-refractivity contribution in [2.45, 2.75) is 13.0 Å². The Morgan fingerprint density at radius 3 is 2.75 bits per heavy atom. The van der Waals surface area contributed by atoms with Crippen LogP contribution >= 0.6 is 22.9 Å². The van der Waals surface area contributed by atoms with Crippen LogP contribution in [-0.4, -0.2) is 16.2 Å². The fraction of sp³-hybridized carbons (Fsp3) is 0.0870. The van der Waals surface area contributed by atoms with Gasteiger partial charge in [0, 0.05) is 10.7 Å². The van der Waals surface area contributed by atoms with Gasteiger partial charge >= 0.3 is 6.03 Å². The van der Waals surface area contributed by atoms with Crippen molar-refractivity contribution in [2.24, 2.45) is 0 Å². The van der Waals surface area contributed by atoms with E-state index in [1.165, 1.54) is 28.4 Å². The van der Waals surface area contributed by atoms with Crippen LogP contribution in [0.15, 0.2) is 76.3 Å². The third-order valence-corrected chi connectivity index (χ3v) is 6.23. The summed E-state index contributed by atoms with van der Waals surface area (Å²) < 4.78 is 19.5. The summed E-state index contributed by atoms with van der Waals surface area (Å²) in [4.78, 5) is 20.0. The topological polar surface area (TPSA) is 71.3 Å². The molecule has 6 nitrogen and oxygen atoms in total. The van der Waals surface area contributed by atoms with Crippen LogP contribution in [-0.2, 0) is 0 Å². The highest BCUT2D eigenvalue weighted by molar-refractivity contribution is 7.13. The number of hydrogen-bond acceptors (Lipinski definition) is 5. The van der Waals surface area contributed by atoms with E-state index >= 15 is 0 Å². The number of hydrogen-bond donors (Lipinski definition) is 1. The molecule has 0 radical (unpaired) electrons. The van der Waals surface area contributed by atoms with E-state index in [4.69, 9.17) is 16.1 Å². The number of carbonyl (C=O) groups is 1. The van der Waals surface area contributed by atoms with E-state index in [2.05, 4.69) is 15.5 Å². The molecule has 2 aromatic heterocycles. The van der Waals surface area contributed by atoms with Gasteiger partial charge in [0.1, 0.15) is 5.82 Å². The molecule has 0 aliphatic carbocycles. The number of rotatable bonds is 4. The van der Waals surface area contributed by atoms with E-state index in [1.54, 1.807) is 37.3 Å². The van der Waals surface area contributed by atoms with Gasteiger partial charge in [0.2, 0.25) is 5.82 Å². The predicted molar refractivity (Wildman–Crippen MR) is 122 cm³/mol. The maximum absolute atomic E-state index is 13.9. The first-order valence-electron chi connectivity index (χ1n) is 9.71. The van der Waals surface area contributed by atoms with E-state index in [9.17, 15) is 9.18 Å². The number of anilines is 1. The van der Waals surface area contributed by atoms with Crippen molar-refractivity contribution in [1.82, 2.24) is 15.5 Å². The molecule has 0 spiro atoms. The minimum absolute atomic E-state index is 0.261. The van der Waals surface area contributed by atoms with Crippen molar-refractivity contribution in [2.75, 3.05) is 4.90 Å². The molecule has 0 saturated carbocycles. The molecule has 1 atom stereocenters. The van der Waals surface area contributed by atoms with E-state index in [-0.39, 0.29) is 5.89 Å². The Balaban J connectivity index is 1.68. The Bertz CT molecular complexity index is 1340. The molecular weight excluding hydrogens is 451 g/mol. The third-order valence-electron chi connectivity index (χ3n) is 5.13. The Kier molecular flexibility index (Phi) is 5.24. The van der Waals surface area contributed by atoms with Crippen LogP contribution in [0.2, 0.25) is 5.02 Å². The summed E-state index contributed by atoms with van der Waals surface area (Å²) in [6.07, 6.45) is 0. The lowest BCUT2D eigenvalue weighted by Crippen LogP contribution is -2.46. The quantitative estimate of drug-likeness (QED) is 0.383. The highest BCUT2D eigenvalue weighted by Gasteiger charge is 2.36. The lowest BCUT2D eigenvalue weighted by molar-refractivity contribution is 0.244. The molecular formula is C23H16ClFN4O2S. The van der Waals surface area contributed by atoms with Crippen LogP contribution in [0.1, 0.15) is 24.4 Å². The molecule has 4 aromatic rings. The zero-order valence-electron chi connectivity index (χ0n) is 16.8. The Morgan fingerprint density at radius 2 is 2.00 bits per heavy atom. The minimum Gasteiger partial charge on any atom is -0.334 e. The minimum atomic E-state index is -0.581. The predicted octanol–water partition coefficient (Wildman–Crippen LogP) is 6.29. The highest BCUT2D eigenvalue weighted by atomic mass is 35.5. The normalized spacial score (nSPS) is 16.4. The van der Waals surface area contributed by atoms with Gasteiger partial charge in [-0.3, -0.25) is 4.90 Å². The number of nitrogens with zero attached hydrogens (tertiary/aromatic N) is 3. The number of thiophene rings is 1. The van der Waals surface area contributed by atoms with E-state index in [1.807, 2.05) is 23.6 Å². The summed E-state index contributed by atoms with van der Waals surface area (Å²) in [7, 11) is 0. The molecule has 2 aromatic carbocycles. The largest absolute Gasteiger partial charge is 0.334 e. The van der Waals surface area contributed by atoms with E-state index in [0.717, 1.165) is 10.4 Å². The van der Waals surface area contributed by atoms with Crippen molar-refractivity contribution < 1.29 is 13.7 Å². The van der Waals surface area contributed by atoms with Crippen molar-refractivity contribution in [1.29, 1.82) is 0 Å². The highest BCUT2D eigenvalue weighted by Crippen LogP contribution is 2.39. The van der Waals surface area contributed by atoms with Crippen LogP contribution < -0.4 is 10.2 Å². The summed E-state index contributed by atoms with van der Waals surface area (Å²) >= 11 is 7.71. The van der Waals surface area contributed by atoms with Crippen LogP contribution in [0.4, 0.5) is 14.9 Å². The summed E-state index contributed by atoms with van der Waals surface area (Å²) in [6, 6.07) is 15.8. The van der Waals surface area contributed by atoms with Crippen LogP contribution in [0.3, 0.4) is 0 Å². The Morgan fingerprint density at radius 1 is 1.16 bits per heavy atom. The maximum atomic E-state index is 13.9. The maximum Gasteiger partial charge on any atom is 0.327 e. The van der Waals surface area contributed by atoms with Crippen LogP contribution in [0, 0.1) is 5.82 Å².